The summed E-state index contributed by atoms with van der Waals surface area (Å²) in [4.78, 5) is 0. The normalized spacial score (nSPS) is 19.8. The zero-order valence-corrected chi connectivity index (χ0v) is 10.1. The van der Waals surface area contributed by atoms with E-state index in [1.54, 1.807) is 7.11 Å². The van der Waals surface area contributed by atoms with Crippen molar-refractivity contribution in [3.63, 3.8) is 0 Å². The van der Waals surface area contributed by atoms with Crippen molar-refractivity contribution in [2.24, 2.45) is 5.92 Å². The maximum Gasteiger partial charge on any atom is 0.142 e. The molecule has 1 aromatic carbocycles. The van der Waals surface area contributed by atoms with Gasteiger partial charge in [0.1, 0.15) is 5.75 Å². The molecule has 2 rings (SSSR count). The predicted molar refractivity (Wildman–Crippen MR) is 65.4 cm³/mol. The first-order chi connectivity index (χ1) is 7.79. The Kier molecular flexibility index (Phi) is 3.91. The number of rotatable bonds is 4. The summed E-state index contributed by atoms with van der Waals surface area (Å²) in [7, 11) is 1.66. The molecule has 16 heavy (non-hydrogen) atoms. The van der Waals surface area contributed by atoms with Crippen molar-refractivity contribution in [2.75, 3.05) is 32.2 Å². The number of hydrogen-bond donors (Lipinski definition) is 1. The number of anilines is 1. The summed E-state index contributed by atoms with van der Waals surface area (Å²) in [5.41, 5.74) is 0.946. The molecule has 1 aliphatic rings. The van der Waals surface area contributed by atoms with Crippen molar-refractivity contribution in [1.82, 2.24) is 0 Å². The lowest BCUT2D eigenvalue weighted by molar-refractivity contribution is 0.187. The SMILES string of the molecule is COc1ccc(Cl)cc1NCC1CCOC1. The summed E-state index contributed by atoms with van der Waals surface area (Å²) in [5, 5.41) is 4.07. The molecular formula is C12H16ClNO2. The smallest absolute Gasteiger partial charge is 0.142 e. The Morgan fingerprint density at radius 3 is 3.12 bits per heavy atom. The molecule has 1 atom stereocenters. The standard InChI is InChI=1S/C12H16ClNO2/c1-15-12-3-2-10(13)6-11(12)14-7-9-4-5-16-8-9/h2-3,6,9,14H,4-5,7-8H2,1H3. The van der Waals surface area contributed by atoms with Gasteiger partial charge in [-0.25, -0.2) is 0 Å². The van der Waals surface area contributed by atoms with Gasteiger partial charge in [0.15, 0.2) is 0 Å². The molecule has 0 aliphatic carbocycles. The molecule has 0 radical (unpaired) electrons. The highest BCUT2D eigenvalue weighted by Crippen LogP contribution is 2.28. The molecule has 0 spiro atoms. The first-order valence-electron chi connectivity index (χ1n) is 5.45. The molecule has 0 aromatic heterocycles. The van der Waals surface area contributed by atoms with Gasteiger partial charge in [0.25, 0.3) is 0 Å². The molecule has 3 nitrogen and oxygen atoms in total. The molecule has 0 bridgehead atoms. The van der Waals surface area contributed by atoms with Crippen LogP contribution in [0.25, 0.3) is 0 Å². The Bertz CT molecular complexity index is 351. The quantitative estimate of drug-likeness (QED) is 0.879. The van der Waals surface area contributed by atoms with Gasteiger partial charge in [-0.2, -0.15) is 0 Å². The maximum atomic E-state index is 5.95. The zero-order valence-electron chi connectivity index (χ0n) is 9.33. The third-order valence-electron chi connectivity index (χ3n) is 2.77. The second kappa shape index (κ2) is 5.41. The minimum Gasteiger partial charge on any atom is -0.495 e. The van der Waals surface area contributed by atoms with Crippen LogP contribution in [0.15, 0.2) is 18.2 Å². The van der Waals surface area contributed by atoms with Crippen LogP contribution in [-0.2, 0) is 4.74 Å². The first kappa shape index (κ1) is 11.6. The average molecular weight is 242 g/mol. The Morgan fingerprint density at radius 1 is 1.56 bits per heavy atom. The zero-order chi connectivity index (χ0) is 11.4. The van der Waals surface area contributed by atoms with Crippen LogP contribution in [0.3, 0.4) is 0 Å². The summed E-state index contributed by atoms with van der Waals surface area (Å²) >= 11 is 5.95. The fourth-order valence-electron chi connectivity index (χ4n) is 1.82. The molecule has 0 amide bonds. The van der Waals surface area contributed by atoms with E-state index in [1.165, 1.54) is 0 Å². The summed E-state index contributed by atoms with van der Waals surface area (Å²) in [5.74, 6) is 1.41. The minimum absolute atomic E-state index is 0.587. The molecule has 1 heterocycles. The van der Waals surface area contributed by atoms with E-state index in [4.69, 9.17) is 21.1 Å². The van der Waals surface area contributed by atoms with E-state index in [0.29, 0.717) is 10.9 Å². The van der Waals surface area contributed by atoms with Gasteiger partial charge in [-0.1, -0.05) is 11.6 Å². The molecular weight excluding hydrogens is 226 g/mol. The van der Waals surface area contributed by atoms with E-state index in [0.717, 1.165) is 37.6 Å². The van der Waals surface area contributed by atoms with Crippen molar-refractivity contribution < 1.29 is 9.47 Å². The number of methoxy groups -OCH3 is 1. The van der Waals surface area contributed by atoms with Crippen LogP contribution >= 0.6 is 11.6 Å². The lowest BCUT2D eigenvalue weighted by Gasteiger charge is -2.14. The lowest BCUT2D eigenvalue weighted by Crippen LogP contribution is -2.14. The van der Waals surface area contributed by atoms with E-state index in [-0.39, 0.29) is 0 Å². The Balaban J connectivity index is 1.98. The van der Waals surface area contributed by atoms with Gasteiger partial charge in [-0.15, -0.1) is 0 Å². The highest BCUT2D eigenvalue weighted by molar-refractivity contribution is 6.30. The van der Waals surface area contributed by atoms with Crippen LogP contribution in [0.2, 0.25) is 5.02 Å². The van der Waals surface area contributed by atoms with Crippen molar-refractivity contribution in [3.05, 3.63) is 23.2 Å². The third-order valence-corrected chi connectivity index (χ3v) is 3.00. The summed E-state index contributed by atoms with van der Waals surface area (Å²) in [6.45, 7) is 2.62. The van der Waals surface area contributed by atoms with E-state index in [2.05, 4.69) is 5.32 Å². The fourth-order valence-corrected chi connectivity index (χ4v) is 1.99. The molecule has 1 N–H and O–H groups in total. The van der Waals surface area contributed by atoms with E-state index in [1.807, 2.05) is 18.2 Å². The van der Waals surface area contributed by atoms with Gasteiger partial charge >= 0.3 is 0 Å². The molecule has 88 valence electrons. The van der Waals surface area contributed by atoms with Gasteiger partial charge < -0.3 is 14.8 Å². The predicted octanol–water partition coefficient (Wildman–Crippen LogP) is 2.80. The van der Waals surface area contributed by atoms with Crippen LogP contribution in [0, 0.1) is 5.92 Å². The molecule has 4 heteroatoms. The number of halogens is 1. The topological polar surface area (TPSA) is 30.5 Å². The van der Waals surface area contributed by atoms with E-state index >= 15 is 0 Å². The monoisotopic (exact) mass is 241 g/mol. The fraction of sp³-hybridized carbons (Fsp3) is 0.500. The van der Waals surface area contributed by atoms with Crippen LogP contribution in [0.5, 0.6) is 5.75 Å². The summed E-state index contributed by atoms with van der Waals surface area (Å²) < 4.78 is 10.6. The van der Waals surface area contributed by atoms with Crippen molar-refractivity contribution in [3.8, 4) is 5.75 Å². The lowest BCUT2D eigenvalue weighted by atomic mass is 10.1. The Labute approximate surface area is 101 Å². The van der Waals surface area contributed by atoms with Gasteiger partial charge in [-0.05, 0) is 24.6 Å². The molecule has 1 unspecified atom stereocenters. The van der Waals surface area contributed by atoms with Crippen LogP contribution < -0.4 is 10.1 Å². The minimum atomic E-state index is 0.587. The molecule has 0 saturated carbocycles. The molecule has 1 aliphatic heterocycles. The van der Waals surface area contributed by atoms with Gasteiger partial charge in [0.05, 0.1) is 19.4 Å². The van der Waals surface area contributed by atoms with Crippen molar-refractivity contribution >= 4 is 17.3 Å². The number of ether oxygens (including phenoxy) is 2. The van der Waals surface area contributed by atoms with Gasteiger partial charge in [0.2, 0.25) is 0 Å². The van der Waals surface area contributed by atoms with Crippen LogP contribution in [0.1, 0.15) is 6.42 Å². The van der Waals surface area contributed by atoms with Crippen molar-refractivity contribution in [1.29, 1.82) is 0 Å². The highest BCUT2D eigenvalue weighted by atomic mass is 35.5. The van der Waals surface area contributed by atoms with E-state index < -0.39 is 0 Å². The summed E-state index contributed by atoms with van der Waals surface area (Å²) in [6.07, 6.45) is 1.12. The largest absolute Gasteiger partial charge is 0.495 e. The Morgan fingerprint density at radius 2 is 2.44 bits per heavy atom. The Hall–Kier alpha value is -0.930. The van der Waals surface area contributed by atoms with Crippen LogP contribution in [-0.4, -0.2) is 26.9 Å². The second-order valence-corrected chi connectivity index (χ2v) is 4.39. The first-order valence-corrected chi connectivity index (χ1v) is 5.82. The second-order valence-electron chi connectivity index (χ2n) is 3.96. The van der Waals surface area contributed by atoms with E-state index in [9.17, 15) is 0 Å². The molecule has 1 aromatic rings. The van der Waals surface area contributed by atoms with Gasteiger partial charge in [-0.3, -0.25) is 0 Å². The number of benzene rings is 1. The highest BCUT2D eigenvalue weighted by Gasteiger charge is 2.15. The van der Waals surface area contributed by atoms with Crippen molar-refractivity contribution in [2.45, 2.75) is 6.42 Å². The average Bonchev–Trinajstić information content (AvgIpc) is 2.79. The maximum absolute atomic E-state index is 5.95. The molecule has 1 fully saturated rings. The van der Waals surface area contributed by atoms with Crippen LogP contribution in [0.4, 0.5) is 5.69 Å². The number of hydrogen-bond acceptors (Lipinski definition) is 3. The number of nitrogens with one attached hydrogen (secondary N) is 1. The van der Waals surface area contributed by atoms with Gasteiger partial charge in [0, 0.05) is 24.1 Å². The molecule has 1 saturated heterocycles. The third kappa shape index (κ3) is 2.80. The summed E-state index contributed by atoms with van der Waals surface area (Å²) in [6, 6.07) is 5.58.